The van der Waals surface area contributed by atoms with Crippen molar-refractivity contribution in [1.29, 1.82) is 0 Å². The number of aryl methyl sites for hydroxylation is 1. The van der Waals surface area contributed by atoms with Gasteiger partial charge in [0.2, 0.25) is 0 Å². The molecule has 1 radical (unpaired) electrons. The van der Waals surface area contributed by atoms with Crippen LogP contribution in [0.3, 0.4) is 0 Å². The predicted molar refractivity (Wildman–Crippen MR) is 226 cm³/mol. The first-order chi connectivity index (χ1) is 27.4. The third-order valence-corrected chi connectivity index (χ3v) is 11.0. The van der Waals surface area contributed by atoms with Crippen LogP contribution in [0.4, 0.5) is 0 Å². The number of pyridine rings is 2. The molecule has 0 atom stereocenters. The smallest absolute Gasteiger partial charge is 0.124 e. The van der Waals surface area contributed by atoms with Crippen molar-refractivity contribution in [3.63, 3.8) is 0 Å². The summed E-state index contributed by atoms with van der Waals surface area (Å²) in [5.41, 5.74) is 8.81. The second-order valence-corrected chi connectivity index (χ2v) is 20.4. The molecular weight excluding hydrogens is 853 g/mol. The van der Waals surface area contributed by atoms with E-state index in [2.05, 4.69) is 66.0 Å². The minimum atomic E-state index is -2.19. The molecule has 0 fully saturated rings. The van der Waals surface area contributed by atoms with Gasteiger partial charge in [0.15, 0.2) is 0 Å². The molecule has 3 aromatic heterocycles. The Morgan fingerprint density at radius 3 is 2.11 bits per heavy atom. The number of aromatic nitrogens is 2. The van der Waals surface area contributed by atoms with Gasteiger partial charge < -0.3 is 14.4 Å². The van der Waals surface area contributed by atoms with Crippen LogP contribution in [-0.2, 0) is 26.5 Å². The molecule has 0 saturated carbocycles. The van der Waals surface area contributed by atoms with Crippen molar-refractivity contribution >= 4 is 35.2 Å². The fourth-order valence-electron chi connectivity index (χ4n) is 6.34. The molecule has 273 valence electrons. The van der Waals surface area contributed by atoms with Crippen LogP contribution in [0.5, 0.6) is 0 Å². The summed E-state index contributed by atoms with van der Waals surface area (Å²) in [4.78, 5) is 9.10. The van der Waals surface area contributed by atoms with Gasteiger partial charge in [0, 0.05) is 39.4 Å². The normalized spacial score (nSPS) is 13.4. The summed E-state index contributed by atoms with van der Waals surface area (Å²) in [5.74, 6) is 0. The molecule has 0 spiro atoms. The maximum atomic E-state index is 8.60. The molecule has 8 aromatic rings. The van der Waals surface area contributed by atoms with Crippen LogP contribution in [-0.4, -0.2) is 18.0 Å². The molecule has 5 aromatic carbocycles. The number of furan rings is 1. The quantitative estimate of drug-likeness (QED) is 0.123. The van der Waals surface area contributed by atoms with Crippen molar-refractivity contribution in [3.8, 4) is 44.8 Å². The van der Waals surface area contributed by atoms with Gasteiger partial charge >= 0.3 is 0 Å². The van der Waals surface area contributed by atoms with Crippen molar-refractivity contribution in [1.82, 2.24) is 9.97 Å². The van der Waals surface area contributed by atoms with Gasteiger partial charge in [-0.15, -0.1) is 47.0 Å². The van der Waals surface area contributed by atoms with Gasteiger partial charge in [0.05, 0.1) is 13.7 Å². The minimum Gasteiger partial charge on any atom is -0.477 e. The van der Waals surface area contributed by atoms with E-state index in [9.17, 15) is 0 Å². The van der Waals surface area contributed by atoms with E-state index in [1.54, 1.807) is 18.3 Å². The molecule has 0 aliphatic rings. The number of nitrogens with zero attached hydrogens (tertiary/aromatic N) is 2. The van der Waals surface area contributed by atoms with E-state index in [1.807, 2.05) is 118 Å². The summed E-state index contributed by atoms with van der Waals surface area (Å²) in [5, 5.41) is 3.37. The Balaban J connectivity index is 0.000000199. The maximum Gasteiger partial charge on any atom is 0.124 e. The fraction of sp³-hybridized carbons (Fsp3) is 0.184. The third-order valence-electron chi connectivity index (χ3n) is 9.00. The van der Waals surface area contributed by atoms with E-state index in [4.69, 9.17) is 11.3 Å². The summed E-state index contributed by atoms with van der Waals surface area (Å²) in [6.45, 7) is 10.4. The van der Waals surface area contributed by atoms with Crippen LogP contribution in [0.25, 0.3) is 66.7 Å². The van der Waals surface area contributed by atoms with Crippen molar-refractivity contribution in [2.45, 2.75) is 53.6 Å². The number of fused-ring (bicyclic) bond motifs is 3. The van der Waals surface area contributed by atoms with E-state index < -0.39 is 26.7 Å². The third kappa shape index (κ3) is 8.88. The van der Waals surface area contributed by atoms with Crippen molar-refractivity contribution in [3.05, 3.63) is 163 Å². The Labute approximate surface area is 341 Å². The second-order valence-electron chi connectivity index (χ2n) is 15.3. The second kappa shape index (κ2) is 16.2. The van der Waals surface area contributed by atoms with E-state index in [0.29, 0.717) is 28.0 Å². The van der Waals surface area contributed by atoms with Crippen molar-refractivity contribution in [2.24, 2.45) is 5.41 Å². The molecule has 0 saturated heterocycles. The molecule has 8 rings (SSSR count). The Morgan fingerprint density at radius 2 is 1.46 bits per heavy atom. The van der Waals surface area contributed by atoms with Crippen LogP contribution in [0, 0.1) is 24.4 Å². The summed E-state index contributed by atoms with van der Waals surface area (Å²) in [7, 11) is -1.40. The molecular formula is C49H46IrN2OSi-2. The maximum absolute atomic E-state index is 8.60. The first-order valence-electron chi connectivity index (χ1n) is 20.4. The molecule has 0 N–H and O–H groups in total. The van der Waals surface area contributed by atoms with E-state index >= 15 is 0 Å². The van der Waals surface area contributed by atoms with Gasteiger partial charge in [-0.25, -0.2) is 0 Å². The Hall–Kier alpha value is -4.93. The molecule has 3 heterocycles. The number of hydrogen-bond acceptors (Lipinski definition) is 3. The van der Waals surface area contributed by atoms with Crippen LogP contribution in [0.2, 0.25) is 19.6 Å². The van der Waals surface area contributed by atoms with Gasteiger partial charge in [-0.2, -0.15) is 0 Å². The number of rotatable bonds is 6. The summed E-state index contributed by atoms with van der Waals surface area (Å²) in [6.07, 6.45) is 2.12. The van der Waals surface area contributed by atoms with Crippen molar-refractivity contribution < 1.29 is 31.4 Å². The van der Waals surface area contributed by atoms with Crippen LogP contribution < -0.4 is 5.19 Å². The topological polar surface area (TPSA) is 38.9 Å². The Bertz CT molecular complexity index is 2700. The molecule has 54 heavy (non-hydrogen) atoms. The van der Waals surface area contributed by atoms with Gasteiger partial charge in [-0.05, 0) is 62.6 Å². The van der Waals surface area contributed by atoms with Gasteiger partial charge in [-0.1, -0.05) is 161 Å². The zero-order valence-corrected chi connectivity index (χ0v) is 34.8. The molecule has 0 aliphatic heterocycles. The zero-order valence-electron chi connectivity index (χ0n) is 36.4. The first-order valence-corrected chi connectivity index (χ1v) is 21.4. The van der Waals surface area contributed by atoms with Crippen LogP contribution >= 0.6 is 0 Å². The SMILES string of the molecule is [2H]C([2H])([2H])c1c[c-]c(-c2ccc([Si](C)(C)C)cn2)cc1-c1ccccc1.[2H]C([2H])(c1ccnc(-c2[c-]c3oc4cccc(-c5ccccc5)c4c3cc2)c1)C(C)(C)C.[Ir]. The van der Waals surface area contributed by atoms with Crippen LogP contribution in [0.15, 0.2) is 144 Å². The fourth-order valence-corrected chi connectivity index (χ4v) is 7.38. The molecule has 0 aliphatic carbocycles. The van der Waals surface area contributed by atoms with Gasteiger partial charge in [0.1, 0.15) is 5.58 Å². The Kier molecular flexibility index (Phi) is 9.75. The van der Waals surface area contributed by atoms with E-state index in [0.717, 1.165) is 49.9 Å². The molecule has 0 unspecified atom stereocenters. The van der Waals surface area contributed by atoms with E-state index in [-0.39, 0.29) is 20.1 Å². The number of benzene rings is 5. The zero-order chi connectivity index (χ0) is 41.5. The molecule has 5 heteroatoms. The summed E-state index contributed by atoms with van der Waals surface area (Å²) in [6, 6.07) is 47.7. The standard InChI is InChI=1S/C28H24NO.C21H22NSi.Ir/c1-28(2,3)18-19-14-15-29-24(16-19)21-12-13-23-26(17-21)30-25-11-7-10-22(27(23)25)20-8-5-4-6-9-20;1-16-10-11-18(14-20(16)17-8-6-5-7-9-17)21-13-12-19(15-22-21)23(2,3)4;/h4-16H,18H2,1-3H3;5-10,12-15H,1-4H3;/q2*-1;/i18D2;1D3;. The number of hydrogen-bond donors (Lipinski definition) is 0. The molecule has 0 bridgehead atoms. The predicted octanol–water partition coefficient (Wildman–Crippen LogP) is 12.8. The van der Waals surface area contributed by atoms with E-state index in [1.165, 1.54) is 5.19 Å². The van der Waals surface area contributed by atoms with Gasteiger partial charge in [-0.3, -0.25) is 0 Å². The van der Waals surface area contributed by atoms with Crippen molar-refractivity contribution in [2.75, 3.05) is 0 Å². The average Bonchev–Trinajstić information content (AvgIpc) is 3.59. The largest absolute Gasteiger partial charge is 0.477 e. The van der Waals surface area contributed by atoms with Gasteiger partial charge in [0.25, 0.3) is 0 Å². The summed E-state index contributed by atoms with van der Waals surface area (Å²) >= 11 is 0. The molecule has 3 nitrogen and oxygen atoms in total. The molecule has 0 amide bonds. The van der Waals surface area contributed by atoms with Crippen LogP contribution in [0.1, 0.15) is 38.8 Å². The average molecular weight is 904 g/mol. The monoisotopic (exact) mass is 904 g/mol. The Morgan fingerprint density at radius 1 is 0.741 bits per heavy atom. The summed E-state index contributed by atoms with van der Waals surface area (Å²) < 4.78 is 46.9. The first kappa shape index (κ1) is 32.5. The minimum absolute atomic E-state index is 0.